The molecular formula is C21H23NO3S. The topological polar surface area (TPSA) is 49.8 Å². The number of aromatic hydroxyl groups is 1. The van der Waals surface area contributed by atoms with Gasteiger partial charge in [0.05, 0.1) is 7.11 Å². The van der Waals surface area contributed by atoms with Gasteiger partial charge < -0.3 is 9.84 Å². The first kappa shape index (κ1) is 18.5. The summed E-state index contributed by atoms with van der Waals surface area (Å²) in [6.07, 6.45) is 3.35. The molecule has 5 heteroatoms. The molecule has 4 nitrogen and oxygen atoms in total. The van der Waals surface area contributed by atoms with Crippen molar-refractivity contribution in [3.05, 3.63) is 65.2 Å². The quantitative estimate of drug-likeness (QED) is 0.619. The van der Waals surface area contributed by atoms with Gasteiger partial charge >= 0.3 is 0 Å². The molecule has 1 N–H and O–H groups in total. The van der Waals surface area contributed by atoms with Gasteiger partial charge in [0.2, 0.25) is 0 Å². The van der Waals surface area contributed by atoms with E-state index in [0.717, 1.165) is 36.5 Å². The van der Waals surface area contributed by atoms with E-state index in [0.29, 0.717) is 5.56 Å². The number of carbonyl (C=O) groups excluding carboxylic acids is 1. The second-order valence-corrected chi connectivity index (χ2v) is 7.43. The number of phenolic OH excluding ortho intramolecular Hbond substituents is 1. The molecule has 0 aliphatic carbocycles. The first-order valence-corrected chi connectivity index (χ1v) is 9.79. The van der Waals surface area contributed by atoms with Gasteiger partial charge in [0.25, 0.3) is 0 Å². The predicted octanol–water partition coefficient (Wildman–Crippen LogP) is 3.85. The maximum atomic E-state index is 12.3. The number of nitrogens with zero attached hydrogens (tertiary/aromatic N) is 1. The van der Waals surface area contributed by atoms with E-state index in [4.69, 9.17) is 4.74 Å². The predicted molar refractivity (Wildman–Crippen MR) is 107 cm³/mol. The second kappa shape index (κ2) is 8.92. The van der Waals surface area contributed by atoms with E-state index < -0.39 is 0 Å². The first-order chi connectivity index (χ1) is 12.7. The average Bonchev–Trinajstić information content (AvgIpc) is 2.67. The van der Waals surface area contributed by atoms with E-state index in [1.54, 1.807) is 31.4 Å². The molecule has 1 heterocycles. The van der Waals surface area contributed by atoms with Crippen molar-refractivity contribution in [2.45, 2.75) is 6.54 Å². The summed E-state index contributed by atoms with van der Waals surface area (Å²) >= 11 is 1.99. The fourth-order valence-corrected chi connectivity index (χ4v) is 3.93. The number of ketones is 1. The molecule has 0 aromatic heterocycles. The number of hydrogen-bond acceptors (Lipinski definition) is 5. The van der Waals surface area contributed by atoms with E-state index in [9.17, 15) is 9.90 Å². The summed E-state index contributed by atoms with van der Waals surface area (Å²) in [5, 5.41) is 9.50. The average molecular weight is 369 g/mol. The monoisotopic (exact) mass is 369 g/mol. The van der Waals surface area contributed by atoms with Crippen LogP contribution in [0.3, 0.4) is 0 Å². The smallest absolute Gasteiger partial charge is 0.185 e. The molecule has 0 radical (unpaired) electrons. The SMILES string of the molecule is COc1ccc(/C=C/C(=O)c2cccc(O)c2)cc1CN1CCSCC1. The van der Waals surface area contributed by atoms with Crippen LogP contribution < -0.4 is 4.74 Å². The minimum absolute atomic E-state index is 0.0932. The van der Waals surface area contributed by atoms with Crippen LogP contribution >= 0.6 is 11.8 Å². The molecule has 1 fully saturated rings. The lowest BCUT2D eigenvalue weighted by Gasteiger charge is -2.26. The van der Waals surface area contributed by atoms with E-state index in [1.807, 2.05) is 23.9 Å². The van der Waals surface area contributed by atoms with Crippen LogP contribution in [0.4, 0.5) is 0 Å². The minimum Gasteiger partial charge on any atom is -0.508 e. The lowest BCUT2D eigenvalue weighted by molar-refractivity contribution is 0.104. The van der Waals surface area contributed by atoms with Crippen LogP contribution in [-0.2, 0) is 6.54 Å². The van der Waals surface area contributed by atoms with Crippen LogP contribution in [0.25, 0.3) is 6.08 Å². The van der Waals surface area contributed by atoms with Crippen LogP contribution in [-0.4, -0.2) is 47.5 Å². The Morgan fingerprint density at radius 3 is 2.77 bits per heavy atom. The first-order valence-electron chi connectivity index (χ1n) is 8.64. The zero-order valence-electron chi connectivity index (χ0n) is 14.9. The number of allylic oxidation sites excluding steroid dienone is 1. The molecular weight excluding hydrogens is 346 g/mol. The summed E-state index contributed by atoms with van der Waals surface area (Å²) in [6.45, 7) is 3.03. The number of ether oxygens (including phenoxy) is 1. The van der Waals surface area contributed by atoms with Gasteiger partial charge in [-0.3, -0.25) is 9.69 Å². The van der Waals surface area contributed by atoms with Gasteiger partial charge in [0, 0.05) is 42.3 Å². The van der Waals surface area contributed by atoms with E-state index in [1.165, 1.54) is 23.6 Å². The zero-order valence-corrected chi connectivity index (χ0v) is 15.7. The molecule has 26 heavy (non-hydrogen) atoms. The lowest BCUT2D eigenvalue weighted by Crippen LogP contribution is -2.32. The summed E-state index contributed by atoms with van der Waals surface area (Å²) in [5.41, 5.74) is 2.56. The number of thioether (sulfide) groups is 1. The minimum atomic E-state index is -0.133. The van der Waals surface area contributed by atoms with Crippen molar-refractivity contribution in [3.63, 3.8) is 0 Å². The number of hydrogen-bond donors (Lipinski definition) is 1. The van der Waals surface area contributed by atoms with Gasteiger partial charge in [-0.05, 0) is 35.9 Å². The van der Waals surface area contributed by atoms with E-state index in [-0.39, 0.29) is 11.5 Å². The summed E-state index contributed by atoms with van der Waals surface area (Å²) in [6, 6.07) is 12.4. The molecule has 1 aliphatic heterocycles. The Bertz CT molecular complexity index is 798. The Labute approximate surface area is 158 Å². The highest BCUT2D eigenvalue weighted by Crippen LogP contribution is 2.24. The Kier molecular flexibility index (Phi) is 6.36. The molecule has 0 unspecified atom stereocenters. The van der Waals surface area contributed by atoms with Gasteiger partial charge in [-0.25, -0.2) is 0 Å². The number of phenols is 1. The third-order valence-electron chi connectivity index (χ3n) is 4.36. The van der Waals surface area contributed by atoms with Crippen molar-refractivity contribution in [3.8, 4) is 11.5 Å². The third-order valence-corrected chi connectivity index (χ3v) is 5.30. The number of methoxy groups -OCH3 is 1. The van der Waals surface area contributed by atoms with Gasteiger partial charge in [0.1, 0.15) is 11.5 Å². The maximum absolute atomic E-state index is 12.3. The molecule has 0 amide bonds. The van der Waals surface area contributed by atoms with Crippen LogP contribution in [0.2, 0.25) is 0 Å². The molecule has 2 aromatic rings. The van der Waals surface area contributed by atoms with Crippen molar-refractivity contribution in [1.29, 1.82) is 0 Å². The third kappa shape index (κ3) is 4.90. The fourth-order valence-electron chi connectivity index (χ4n) is 2.95. The van der Waals surface area contributed by atoms with Crippen molar-refractivity contribution in [2.75, 3.05) is 31.7 Å². The molecule has 0 spiro atoms. The summed E-state index contributed by atoms with van der Waals surface area (Å²) < 4.78 is 5.50. The highest BCUT2D eigenvalue weighted by Gasteiger charge is 2.13. The summed E-state index contributed by atoms with van der Waals surface area (Å²) in [5.74, 6) is 3.17. The Hall–Kier alpha value is -2.24. The van der Waals surface area contributed by atoms with Crippen molar-refractivity contribution < 1.29 is 14.6 Å². The molecule has 0 bridgehead atoms. The number of carbonyl (C=O) groups is 1. The van der Waals surface area contributed by atoms with Crippen LogP contribution in [0.15, 0.2) is 48.5 Å². The van der Waals surface area contributed by atoms with Gasteiger partial charge in [-0.1, -0.05) is 24.3 Å². The van der Waals surface area contributed by atoms with Gasteiger partial charge in [-0.15, -0.1) is 0 Å². The molecule has 1 saturated heterocycles. The number of rotatable bonds is 6. The zero-order chi connectivity index (χ0) is 18.4. The Morgan fingerprint density at radius 2 is 2.04 bits per heavy atom. The molecule has 0 saturated carbocycles. The highest BCUT2D eigenvalue weighted by atomic mass is 32.2. The number of benzene rings is 2. The molecule has 1 aliphatic rings. The second-order valence-electron chi connectivity index (χ2n) is 6.21. The van der Waals surface area contributed by atoms with Crippen LogP contribution in [0.5, 0.6) is 11.5 Å². The summed E-state index contributed by atoms with van der Waals surface area (Å²) in [4.78, 5) is 14.7. The highest BCUT2D eigenvalue weighted by molar-refractivity contribution is 7.99. The van der Waals surface area contributed by atoms with E-state index >= 15 is 0 Å². The van der Waals surface area contributed by atoms with Crippen LogP contribution in [0.1, 0.15) is 21.5 Å². The maximum Gasteiger partial charge on any atom is 0.185 e. The Balaban J connectivity index is 1.75. The molecule has 136 valence electrons. The fraction of sp³-hybridized carbons (Fsp3) is 0.286. The van der Waals surface area contributed by atoms with Crippen molar-refractivity contribution in [2.24, 2.45) is 0 Å². The van der Waals surface area contributed by atoms with Gasteiger partial charge in [0.15, 0.2) is 5.78 Å². The van der Waals surface area contributed by atoms with Crippen molar-refractivity contribution >= 4 is 23.6 Å². The van der Waals surface area contributed by atoms with E-state index in [2.05, 4.69) is 11.0 Å². The molecule has 3 rings (SSSR count). The Morgan fingerprint density at radius 1 is 1.23 bits per heavy atom. The summed E-state index contributed by atoms with van der Waals surface area (Å²) in [7, 11) is 1.69. The standard InChI is InChI=1S/C21H23NO3S/c1-25-21-8-6-16(13-18(21)15-22-9-11-26-12-10-22)5-7-20(24)17-3-2-4-19(23)14-17/h2-8,13-14,23H,9-12,15H2,1H3/b7-5+. The molecule has 0 atom stereocenters. The lowest BCUT2D eigenvalue weighted by atomic mass is 10.1. The van der Waals surface area contributed by atoms with Crippen molar-refractivity contribution in [1.82, 2.24) is 4.90 Å². The molecule has 2 aromatic carbocycles. The largest absolute Gasteiger partial charge is 0.508 e. The van der Waals surface area contributed by atoms with Crippen LogP contribution in [0, 0.1) is 0 Å². The normalized spacial score (nSPS) is 15.3. The van der Waals surface area contributed by atoms with Gasteiger partial charge in [-0.2, -0.15) is 11.8 Å².